The van der Waals surface area contributed by atoms with E-state index >= 15 is 0 Å². The van der Waals surface area contributed by atoms with Gasteiger partial charge in [0.2, 0.25) is 0 Å². The van der Waals surface area contributed by atoms with Gasteiger partial charge in [0.05, 0.1) is 6.10 Å². The lowest BCUT2D eigenvalue weighted by Crippen LogP contribution is -2.70. The fraction of sp³-hybridized carbons (Fsp3) is 0.950. The summed E-state index contributed by atoms with van der Waals surface area (Å²) >= 11 is 0. The fourth-order valence-electron chi connectivity index (χ4n) is 6.46. The maximum Gasteiger partial charge on any atom is 0.410 e. The van der Waals surface area contributed by atoms with Crippen molar-refractivity contribution in [1.82, 2.24) is 4.90 Å². The first-order chi connectivity index (χ1) is 12.8. The highest BCUT2D eigenvalue weighted by molar-refractivity contribution is 5.69. The summed E-state index contributed by atoms with van der Waals surface area (Å²) in [6.07, 6.45) is 4.32. The van der Waals surface area contributed by atoms with Gasteiger partial charge >= 0.3 is 6.09 Å². The minimum Gasteiger partial charge on any atom is -0.446 e. The van der Waals surface area contributed by atoms with Crippen LogP contribution < -0.4 is 5.73 Å². The molecule has 4 saturated heterocycles. The first-order valence-electron chi connectivity index (χ1n) is 10.6. The first kappa shape index (κ1) is 18.2. The Balaban J connectivity index is 1.42. The number of likely N-dealkylation sites (tertiary alicyclic amines) is 1. The third-order valence-corrected chi connectivity index (χ3v) is 8.03. The second-order valence-corrected chi connectivity index (χ2v) is 9.75. The van der Waals surface area contributed by atoms with Crippen LogP contribution in [-0.4, -0.2) is 53.7 Å². The summed E-state index contributed by atoms with van der Waals surface area (Å²) in [6.45, 7) is 7.67. The molecule has 0 aromatic carbocycles. The first-order valence-corrected chi connectivity index (χ1v) is 10.6. The van der Waals surface area contributed by atoms with Gasteiger partial charge in [0.25, 0.3) is 0 Å². The Bertz CT molecular complexity index is 625. The molecule has 2 aliphatic carbocycles. The number of nitrogens with zero attached hydrogens (tertiary/aromatic N) is 1. The maximum atomic E-state index is 12.5. The molecule has 6 aliphatic rings. The molecule has 7 nitrogen and oxygen atoms in total. The maximum absolute atomic E-state index is 12.5. The quantitative estimate of drug-likeness (QED) is 0.704. The van der Waals surface area contributed by atoms with E-state index in [-0.39, 0.29) is 36.2 Å². The molecule has 6 fully saturated rings. The van der Waals surface area contributed by atoms with Crippen molar-refractivity contribution in [3.8, 4) is 0 Å². The predicted molar refractivity (Wildman–Crippen MR) is 96.4 cm³/mol. The van der Waals surface area contributed by atoms with Gasteiger partial charge in [-0.1, -0.05) is 13.8 Å². The van der Waals surface area contributed by atoms with Crippen LogP contribution in [0.2, 0.25) is 0 Å². The number of carbonyl (C=O) groups is 1. The Morgan fingerprint density at radius 1 is 1.15 bits per heavy atom. The van der Waals surface area contributed by atoms with Gasteiger partial charge in [0, 0.05) is 37.9 Å². The van der Waals surface area contributed by atoms with Crippen molar-refractivity contribution in [3.05, 3.63) is 0 Å². The van der Waals surface area contributed by atoms with Gasteiger partial charge < -0.3 is 20.1 Å². The topological polar surface area (TPSA) is 83.3 Å². The van der Waals surface area contributed by atoms with Crippen LogP contribution in [0.5, 0.6) is 0 Å². The molecular formula is C20H32N2O5. The van der Waals surface area contributed by atoms with Crippen LogP contribution in [0.15, 0.2) is 0 Å². The van der Waals surface area contributed by atoms with Gasteiger partial charge in [-0.2, -0.15) is 0 Å². The van der Waals surface area contributed by atoms with Gasteiger partial charge in [-0.3, -0.25) is 0 Å². The molecule has 4 aliphatic heterocycles. The number of amides is 1. The normalized spacial score (nSPS) is 51.9. The number of hydrogen-bond acceptors (Lipinski definition) is 6. The molecule has 8 atom stereocenters. The van der Waals surface area contributed by atoms with E-state index in [1.807, 2.05) is 6.92 Å². The van der Waals surface area contributed by atoms with Crippen LogP contribution in [0, 0.1) is 23.7 Å². The van der Waals surface area contributed by atoms with Gasteiger partial charge in [0.1, 0.15) is 11.7 Å². The van der Waals surface area contributed by atoms with Crippen molar-refractivity contribution >= 4 is 6.09 Å². The van der Waals surface area contributed by atoms with Gasteiger partial charge in [-0.25, -0.2) is 14.6 Å². The number of nitrogens with two attached hydrogens (primary N) is 1. The lowest BCUT2D eigenvalue weighted by molar-refractivity contribution is -0.540. The highest BCUT2D eigenvalue weighted by Crippen LogP contribution is 2.61. The standard InChI is InChI=1S/C20H32N2O5/c1-11-4-5-15-12(2)16(24-18(23)22-9-13(21)10-22)8-17-20(15)14(11)6-7-19(3,25-17)26-27-20/h11-17H,4-10,21H2,1-3H3/t11-,12-,14+,15+,16+,17+,19-,20-/m1/s1. The zero-order chi connectivity index (χ0) is 19.0. The molecular weight excluding hydrogens is 348 g/mol. The Kier molecular flexibility index (Phi) is 4.07. The van der Waals surface area contributed by atoms with Crippen molar-refractivity contribution in [1.29, 1.82) is 0 Å². The Hall–Kier alpha value is -0.890. The van der Waals surface area contributed by atoms with E-state index in [1.165, 1.54) is 6.42 Å². The number of ether oxygens (including phenoxy) is 2. The Morgan fingerprint density at radius 3 is 2.67 bits per heavy atom. The molecule has 6 rings (SSSR count). The van der Waals surface area contributed by atoms with E-state index in [2.05, 4.69) is 13.8 Å². The molecule has 27 heavy (non-hydrogen) atoms. The van der Waals surface area contributed by atoms with E-state index in [4.69, 9.17) is 25.0 Å². The molecule has 0 aromatic heterocycles. The SMILES string of the molecule is C[C@H]1[C@@H](OC(=O)N2CC(N)C2)C[C@@H]2O[C@@]3(C)CC[C@H]4[C@H](C)CC[C@@H]1[C@@]24OO3. The third kappa shape index (κ3) is 2.58. The van der Waals surface area contributed by atoms with E-state index < -0.39 is 11.4 Å². The van der Waals surface area contributed by atoms with Gasteiger partial charge in [-0.05, 0) is 43.9 Å². The summed E-state index contributed by atoms with van der Waals surface area (Å²) in [6, 6.07) is 0.0802. The Labute approximate surface area is 160 Å². The van der Waals surface area contributed by atoms with Crippen LogP contribution >= 0.6 is 0 Å². The smallest absolute Gasteiger partial charge is 0.410 e. The molecule has 1 amide bonds. The second kappa shape index (κ2) is 6.05. The highest BCUT2D eigenvalue weighted by Gasteiger charge is 2.68. The lowest BCUT2D eigenvalue weighted by atomic mass is 9.53. The van der Waals surface area contributed by atoms with E-state index in [0.717, 1.165) is 19.3 Å². The molecule has 7 heteroatoms. The minimum absolute atomic E-state index is 0.0802. The third-order valence-electron chi connectivity index (χ3n) is 8.03. The number of fused-ring (bicyclic) bond motifs is 2. The zero-order valence-corrected chi connectivity index (χ0v) is 16.6. The van der Waals surface area contributed by atoms with E-state index in [1.54, 1.807) is 4.90 Å². The van der Waals surface area contributed by atoms with E-state index in [9.17, 15) is 4.79 Å². The number of rotatable bonds is 1. The molecule has 152 valence electrons. The van der Waals surface area contributed by atoms with Crippen LogP contribution in [0.3, 0.4) is 0 Å². The second-order valence-electron chi connectivity index (χ2n) is 9.75. The number of carbonyl (C=O) groups excluding carboxylic acids is 1. The summed E-state index contributed by atoms with van der Waals surface area (Å²) in [5, 5.41) is 0. The van der Waals surface area contributed by atoms with Crippen LogP contribution in [-0.2, 0) is 19.2 Å². The summed E-state index contributed by atoms with van der Waals surface area (Å²) in [5.41, 5.74) is 5.40. The van der Waals surface area contributed by atoms with Crippen molar-refractivity contribution in [3.63, 3.8) is 0 Å². The van der Waals surface area contributed by atoms with Crippen molar-refractivity contribution in [2.45, 2.75) is 82.5 Å². The molecule has 0 unspecified atom stereocenters. The molecule has 2 saturated carbocycles. The van der Waals surface area contributed by atoms with Gasteiger partial charge in [0.15, 0.2) is 5.79 Å². The van der Waals surface area contributed by atoms with Crippen molar-refractivity contribution in [2.75, 3.05) is 13.1 Å². The molecule has 4 heterocycles. The predicted octanol–water partition coefficient (Wildman–Crippen LogP) is 2.43. The molecule has 2 bridgehead atoms. The van der Waals surface area contributed by atoms with Gasteiger partial charge in [-0.15, -0.1) is 0 Å². The average Bonchev–Trinajstić information content (AvgIpc) is 2.83. The monoisotopic (exact) mass is 380 g/mol. The molecule has 0 aromatic rings. The highest BCUT2D eigenvalue weighted by atomic mass is 17.3. The summed E-state index contributed by atoms with van der Waals surface area (Å²) < 4.78 is 12.4. The summed E-state index contributed by atoms with van der Waals surface area (Å²) in [5.74, 6) is 0.807. The zero-order valence-electron chi connectivity index (χ0n) is 16.6. The molecule has 0 radical (unpaired) electrons. The summed E-state index contributed by atoms with van der Waals surface area (Å²) in [4.78, 5) is 26.3. The van der Waals surface area contributed by atoms with E-state index in [0.29, 0.717) is 31.3 Å². The van der Waals surface area contributed by atoms with Crippen LogP contribution in [0.4, 0.5) is 4.79 Å². The van der Waals surface area contributed by atoms with Crippen molar-refractivity contribution in [2.24, 2.45) is 29.4 Å². The minimum atomic E-state index is -0.698. The van der Waals surface area contributed by atoms with Crippen molar-refractivity contribution < 1.29 is 24.0 Å². The van der Waals surface area contributed by atoms with Crippen LogP contribution in [0.25, 0.3) is 0 Å². The lowest BCUT2D eigenvalue weighted by Gasteiger charge is -2.60. The molecule has 2 N–H and O–H groups in total. The average molecular weight is 380 g/mol. The Morgan fingerprint density at radius 2 is 1.93 bits per heavy atom. The molecule has 1 spiro atoms. The largest absolute Gasteiger partial charge is 0.446 e. The summed E-state index contributed by atoms with van der Waals surface area (Å²) in [7, 11) is 0. The number of hydrogen-bond donors (Lipinski definition) is 1. The van der Waals surface area contributed by atoms with Crippen LogP contribution in [0.1, 0.15) is 52.9 Å². The fourth-order valence-corrected chi connectivity index (χ4v) is 6.46.